The van der Waals surface area contributed by atoms with E-state index in [1.54, 1.807) is 7.05 Å². The molecule has 1 aromatic carbocycles. The van der Waals surface area contributed by atoms with Crippen LogP contribution in [0.15, 0.2) is 23.1 Å². The molecule has 0 fully saturated rings. The van der Waals surface area contributed by atoms with Crippen LogP contribution in [0.3, 0.4) is 0 Å². The molecule has 1 rings (SSSR count). The molecule has 0 bridgehead atoms. The Balaban J connectivity index is 3.05. The lowest BCUT2D eigenvalue weighted by Gasteiger charge is -2.21. The summed E-state index contributed by atoms with van der Waals surface area (Å²) < 4.78 is 13.4. The molecule has 0 N–H and O–H groups in total. The summed E-state index contributed by atoms with van der Waals surface area (Å²) in [5.74, 6) is -0.830. The normalized spacial score (nSPS) is 10.5. The number of benzene rings is 1. The summed E-state index contributed by atoms with van der Waals surface area (Å²) in [5, 5.41) is 0. The lowest BCUT2D eigenvalue weighted by molar-refractivity contribution is 0.0750. The number of thiol groups is 1. The quantitative estimate of drug-likeness (QED) is 0.770. The van der Waals surface area contributed by atoms with Crippen LogP contribution in [-0.4, -0.2) is 23.9 Å². The molecule has 0 saturated carbocycles. The van der Waals surface area contributed by atoms with Gasteiger partial charge in [0.2, 0.25) is 0 Å². The number of hydrogen-bond acceptors (Lipinski definition) is 2. The second-order valence-corrected chi connectivity index (χ2v) is 4.19. The summed E-state index contributed by atoms with van der Waals surface area (Å²) in [6.45, 7) is 3.75. The third-order valence-electron chi connectivity index (χ3n) is 2.28. The number of carbonyl (C=O) groups is 1. The number of amides is 1. The van der Waals surface area contributed by atoms with E-state index >= 15 is 0 Å². The zero-order valence-corrected chi connectivity index (χ0v) is 9.88. The molecule has 0 radical (unpaired) electrons. The minimum atomic E-state index is -0.509. The van der Waals surface area contributed by atoms with E-state index in [9.17, 15) is 9.18 Å². The molecule has 0 aliphatic carbocycles. The Morgan fingerprint density at radius 2 is 2.07 bits per heavy atom. The summed E-state index contributed by atoms with van der Waals surface area (Å²) in [6.07, 6.45) is 0. The molecule has 1 aromatic rings. The summed E-state index contributed by atoms with van der Waals surface area (Å²) >= 11 is 4.08. The minimum absolute atomic E-state index is 0.0421. The van der Waals surface area contributed by atoms with Crippen LogP contribution in [0.2, 0.25) is 0 Å². The second kappa shape index (κ2) is 4.66. The summed E-state index contributed by atoms with van der Waals surface area (Å²) in [5.41, 5.74) is 0.0682. The van der Waals surface area contributed by atoms with Crippen LogP contribution in [0.4, 0.5) is 4.39 Å². The summed E-state index contributed by atoms with van der Waals surface area (Å²) in [7, 11) is 1.65. The smallest absolute Gasteiger partial charge is 0.256 e. The third-order valence-corrected chi connectivity index (χ3v) is 2.55. The van der Waals surface area contributed by atoms with Crippen LogP contribution in [0.1, 0.15) is 24.2 Å². The van der Waals surface area contributed by atoms with E-state index in [0.29, 0.717) is 4.90 Å². The Labute approximate surface area is 94.5 Å². The van der Waals surface area contributed by atoms with E-state index < -0.39 is 5.82 Å². The Bertz CT molecular complexity index is 379. The van der Waals surface area contributed by atoms with E-state index in [4.69, 9.17) is 0 Å². The van der Waals surface area contributed by atoms with Crippen molar-refractivity contribution in [2.45, 2.75) is 24.8 Å². The Morgan fingerprint density at radius 1 is 1.47 bits per heavy atom. The Kier molecular flexibility index (Phi) is 3.74. The number of carbonyl (C=O) groups excluding carboxylic acids is 1. The van der Waals surface area contributed by atoms with Crippen LogP contribution in [0.25, 0.3) is 0 Å². The van der Waals surface area contributed by atoms with Gasteiger partial charge < -0.3 is 4.90 Å². The molecular weight excluding hydrogens is 213 g/mol. The fourth-order valence-electron chi connectivity index (χ4n) is 1.10. The van der Waals surface area contributed by atoms with E-state index in [1.807, 2.05) is 13.8 Å². The van der Waals surface area contributed by atoms with Gasteiger partial charge in [-0.1, -0.05) is 0 Å². The average molecular weight is 227 g/mol. The highest BCUT2D eigenvalue weighted by atomic mass is 32.1. The SMILES string of the molecule is CC(C)N(C)C(=O)c1cc(S)ccc1F. The van der Waals surface area contributed by atoms with Crippen molar-refractivity contribution in [3.05, 3.63) is 29.6 Å². The van der Waals surface area contributed by atoms with Gasteiger partial charge >= 0.3 is 0 Å². The number of halogens is 1. The highest BCUT2D eigenvalue weighted by Crippen LogP contribution is 2.15. The Hall–Kier alpha value is -1.03. The molecule has 0 aliphatic rings. The van der Waals surface area contributed by atoms with Gasteiger partial charge in [0.15, 0.2) is 0 Å². The first-order valence-corrected chi connectivity index (χ1v) is 5.14. The van der Waals surface area contributed by atoms with Gasteiger partial charge in [-0.25, -0.2) is 4.39 Å². The largest absolute Gasteiger partial charge is 0.339 e. The molecule has 4 heteroatoms. The van der Waals surface area contributed by atoms with E-state index in [2.05, 4.69) is 12.6 Å². The predicted molar refractivity (Wildman–Crippen MR) is 60.9 cm³/mol. The summed E-state index contributed by atoms with van der Waals surface area (Å²) in [4.78, 5) is 13.9. The molecule has 0 heterocycles. The van der Waals surface area contributed by atoms with Crippen molar-refractivity contribution in [1.29, 1.82) is 0 Å². The maximum absolute atomic E-state index is 13.4. The van der Waals surface area contributed by atoms with Gasteiger partial charge in [0.1, 0.15) is 5.82 Å². The lowest BCUT2D eigenvalue weighted by Crippen LogP contribution is -2.33. The van der Waals surface area contributed by atoms with Crippen LogP contribution in [0.5, 0.6) is 0 Å². The average Bonchev–Trinajstić information content (AvgIpc) is 2.19. The molecule has 0 saturated heterocycles. The summed E-state index contributed by atoms with van der Waals surface area (Å²) in [6, 6.07) is 4.26. The number of rotatable bonds is 2. The van der Waals surface area contributed by atoms with Crippen molar-refractivity contribution in [3.63, 3.8) is 0 Å². The van der Waals surface area contributed by atoms with E-state index in [0.717, 1.165) is 0 Å². The van der Waals surface area contributed by atoms with Gasteiger partial charge in [0.05, 0.1) is 5.56 Å². The molecule has 0 aromatic heterocycles. The fourth-order valence-corrected chi connectivity index (χ4v) is 1.31. The standard InChI is InChI=1S/C11H14FNOS/c1-7(2)13(3)11(14)9-6-8(15)4-5-10(9)12/h4-7,15H,1-3H3. The first kappa shape index (κ1) is 12.0. The minimum Gasteiger partial charge on any atom is -0.339 e. The number of nitrogens with zero attached hydrogens (tertiary/aromatic N) is 1. The van der Waals surface area contributed by atoms with Gasteiger partial charge in [-0.15, -0.1) is 12.6 Å². The van der Waals surface area contributed by atoms with Crippen LogP contribution < -0.4 is 0 Å². The second-order valence-electron chi connectivity index (χ2n) is 3.67. The fraction of sp³-hybridized carbons (Fsp3) is 0.364. The van der Waals surface area contributed by atoms with Crippen molar-refractivity contribution in [1.82, 2.24) is 4.90 Å². The molecule has 82 valence electrons. The third kappa shape index (κ3) is 2.72. The van der Waals surface area contributed by atoms with Gasteiger partial charge in [-0.05, 0) is 32.0 Å². The molecular formula is C11H14FNOS. The van der Waals surface area contributed by atoms with Crippen molar-refractivity contribution >= 4 is 18.5 Å². The van der Waals surface area contributed by atoms with Crippen LogP contribution in [-0.2, 0) is 0 Å². The molecule has 0 aliphatic heterocycles. The number of hydrogen-bond donors (Lipinski definition) is 1. The van der Waals surface area contributed by atoms with Gasteiger partial charge in [0.25, 0.3) is 5.91 Å². The molecule has 15 heavy (non-hydrogen) atoms. The zero-order valence-electron chi connectivity index (χ0n) is 8.99. The van der Waals surface area contributed by atoms with Crippen molar-refractivity contribution in [2.75, 3.05) is 7.05 Å². The van der Waals surface area contributed by atoms with Crippen molar-refractivity contribution in [2.24, 2.45) is 0 Å². The molecule has 0 spiro atoms. The molecule has 1 amide bonds. The first-order valence-electron chi connectivity index (χ1n) is 4.69. The monoisotopic (exact) mass is 227 g/mol. The molecule has 2 nitrogen and oxygen atoms in total. The van der Waals surface area contributed by atoms with Crippen LogP contribution >= 0.6 is 12.6 Å². The van der Waals surface area contributed by atoms with Crippen molar-refractivity contribution in [3.8, 4) is 0 Å². The first-order chi connectivity index (χ1) is 6.93. The van der Waals surface area contributed by atoms with E-state index in [1.165, 1.54) is 23.1 Å². The molecule has 0 unspecified atom stereocenters. The van der Waals surface area contributed by atoms with Crippen LogP contribution in [0, 0.1) is 5.82 Å². The maximum atomic E-state index is 13.4. The van der Waals surface area contributed by atoms with Gasteiger partial charge in [0, 0.05) is 18.0 Å². The van der Waals surface area contributed by atoms with Crippen molar-refractivity contribution < 1.29 is 9.18 Å². The topological polar surface area (TPSA) is 20.3 Å². The highest BCUT2D eigenvalue weighted by Gasteiger charge is 2.18. The maximum Gasteiger partial charge on any atom is 0.256 e. The predicted octanol–water partition coefficient (Wildman–Crippen LogP) is 2.59. The lowest BCUT2D eigenvalue weighted by atomic mass is 10.1. The van der Waals surface area contributed by atoms with Gasteiger partial charge in [-0.3, -0.25) is 4.79 Å². The molecule has 0 atom stereocenters. The van der Waals surface area contributed by atoms with Gasteiger partial charge in [-0.2, -0.15) is 0 Å². The highest BCUT2D eigenvalue weighted by molar-refractivity contribution is 7.80. The Morgan fingerprint density at radius 3 is 2.60 bits per heavy atom. The zero-order chi connectivity index (χ0) is 11.6. The van der Waals surface area contributed by atoms with E-state index in [-0.39, 0.29) is 17.5 Å².